The average molecular weight is 293 g/mol. The van der Waals surface area contributed by atoms with Gasteiger partial charge in [-0.1, -0.05) is 20.8 Å². The molecule has 1 N–H and O–H groups in total. The smallest absolute Gasteiger partial charge is 0.294 e. The number of nitrogens with zero attached hydrogens (tertiary/aromatic N) is 4. The summed E-state index contributed by atoms with van der Waals surface area (Å²) in [4.78, 5) is 27.9. The van der Waals surface area contributed by atoms with E-state index in [1.165, 1.54) is 17.1 Å². The van der Waals surface area contributed by atoms with Crippen LogP contribution in [-0.2, 0) is 17.3 Å². The fraction of sp³-hybridized carbons (Fsp3) is 0.417. The highest BCUT2D eigenvalue weighted by atomic mass is 32.1. The highest BCUT2D eigenvalue weighted by Crippen LogP contribution is 2.22. The molecule has 0 aliphatic heterocycles. The summed E-state index contributed by atoms with van der Waals surface area (Å²) in [6.45, 7) is 5.92. The minimum atomic E-state index is -0.741. The number of anilines is 1. The largest absolute Gasteiger partial charge is 0.298 e. The van der Waals surface area contributed by atoms with Gasteiger partial charge in [0.15, 0.2) is 0 Å². The molecule has 7 nitrogen and oxygen atoms in total. The minimum Gasteiger partial charge on any atom is -0.294 e. The van der Waals surface area contributed by atoms with Gasteiger partial charge in [-0.2, -0.15) is 9.47 Å². The van der Waals surface area contributed by atoms with Gasteiger partial charge in [-0.25, -0.2) is 4.98 Å². The highest BCUT2D eigenvalue weighted by Gasteiger charge is 2.22. The Morgan fingerprint density at radius 3 is 2.55 bits per heavy atom. The average Bonchev–Trinajstić information content (AvgIpc) is 2.96. The molecule has 106 valence electrons. The van der Waals surface area contributed by atoms with Crippen molar-refractivity contribution in [3.63, 3.8) is 0 Å². The molecule has 2 heterocycles. The van der Waals surface area contributed by atoms with Crippen molar-refractivity contribution in [3.05, 3.63) is 23.8 Å². The minimum absolute atomic E-state index is 0.202. The van der Waals surface area contributed by atoms with Gasteiger partial charge in [-0.05, 0) is 0 Å². The van der Waals surface area contributed by atoms with Gasteiger partial charge in [0.2, 0.25) is 5.13 Å². The van der Waals surface area contributed by atoms with E-state index < -0.39 is 11.7 Å². The number of carbonyl (C=O) groups is 2. The molecule has 2 aromatic rings. The van der Waals surface area contributed by atoms with Crippen molar-refractivity contribution in [2.45, 2.75) is 26.2 Å². The first-order valence-electron chi connectivity index (χ1n) is 5.96. The van der Waals surface area contributed by atoms with Crippen molar-refractivity contribution in [2.75, 3.05) is 5.32 Å². The summed E-state index contributed by atoms with van der Waals surface area (Å²) in [6.07, 6.45) is 2.84. The second-order valence-electron chi connectivity index (χ2n) is 5.36. The lowest BCUT2D eigenvalue weighted by atomic mass is 9.96. The summed E-state index contributed by atoms with van der Waals surface area (Å²) < 4.78 is 5.63. The Balaban J connectivity index is 2.08. The molecule has 0 aromatic carbocycles. The summed E-state index contributed by atoms with van der Waals surface area (Å²) in [5.41, 5.74) is 0.0397. The standard InChI is InChI=1S/C12H15N5O2S/c1-12(2,3)10-15-11(20-16-10)14-9(19)8(18)7-5-13-17(4)6-7/h5-6H,1-4H3,(H,14,15,16,19). The molecule has 0 radical (unpaired) electrons. The van der Waals surface area contributed by atoms with Gasteiger partial charge in [0, 0.05) is 30.2 Å². The van der Waals surface area contributed by atoms with E-state index in [2.05, 4.69) is 19.8 Å². The number of aryl methyl sites for hydroxylation is 1. The number of rotatable bonds is 3. The van der Waals surface area contributed by atoms with E-state index in [4.69, 9.17) is 0 Å². The van der Waals surface area contributed by atoms with E-state index >= 15 is 0 Å². The van der Waals surface area contributed by atoms with E-state index in [9.17, 15) is 9.59 Å². The normalized spacial score (nSPS) is 11.4. The quantitative estimate of drug-likeness (QED) is 0.682. The molecule has 1 amide bonds. The molecule has 0 aliphatic carbocycles. The van der Waals surface area contributed by atoms with E-state index in [0.717, 1.165) is 11.5 Å². The number of amides is 1. The molecular weight excluding hydrogens is 278 g/mol. The first-order chi connectivity index (χ1) is 9.27. The Bertz CT molecular complexity index is 653. The van der Waals surface area contributed by atoms with Crippen LogP contribution in [0, 0.1) is 0 Å². The first kappa shape index (κ1) is 14.3. The third kappa shape index (κ3) is 3.08. The second-order valence-corrected chi connectivity index (χ2v) is 6.11. The number of carbonyl (C=O) groups excluding carboxylic acids is 2. The van der Waals surface area contributed by atoms with Crippen LogP contribution in [0.3, 0.4) is 0 Å². The SMILES string of the molecule is Cn1cc(C(=O)C(=O)Nc2nc(C(C)(C)C)ns2)cn1. The van der Waals surface area contributed by atoms with E-state index in [0.29, 0.717) is 11.0 Å². The number of nitrogens with one attached hydrogen (secondary N) is 1. The Labute approximate surface area is 120 Å². The van der Waals surface area contributed by atoms with Crippen LogP contribution >= 0.6 is 11.5 Å². The molecule has 8 heteroatoms. The molecule has 0 aliphatic rings. The van der Waals surface area contributed by atoms with Crippen molar-refractivity contribution in [2.24, 2.45) is 7.05 Å². The predicted molar refractivity (Wildman–Crippen MR) is 74.8 cm³/mol. The number of aromatic nitrogens is 4. The summed E-state index contributed by atoms with van der Waals surface area (Å²) in [5, 5.41) is 6.63. The zero-order valence-corrected chi connectivity index (χ0v) is 12.5. The van der Waals surface area contributed by atoms with Crippen LogP contribution < -0.4 is 5.32 Å². The number of hydrogen-bond donors (Lipinski definition) is 1. The maximum absolute atomic E-state index is 11.9. The Kier molecular flexibility index (Phi) is 3.67. The summed E-state index contributed by atoms with van der Waals surface area (Å²) in [6, 6.07) is 0. The van der Waals surface area contributed by atoms with Gasteiger partial charge >= 0.3 is 0 Å². The van der Waals surface area contributed by atoms with Crippen LogP contribution in [0.4, 0.5) is 5.13 Å². The van der Waals surface area contributed by atoms with E-state index in [1.807, 2.05) is 20.8 Å². The molecule has 0 saturated carbocycles. The number of ketones is 1. The topological polar surface area (TPSA) is 89.8 Å². The zero-order valence-electron chi connectivity index (χ0n) is 11.7. The van der Waals surface area contributed by atoms with E-state index in [-0.39, 0.29) is 11.0 Å². The van der Waals surface area contributed by atoms with Crippen molar-refractivity contribution in [1.29, 1.82) is 0 Å². The lowest BCUT2D eigenvalue weighted by Gasteiger charge is -2.12. The molecular formula is C12H15N5O2S. The maximum atomic E-state index is 11.9. The molecule has 2 rings (SSSR count). The van der Waals surface area contributed by atoms with Gasteiger partial charge in [0.1, 0.15) is 5.82 Å². The van der Waals surface area contributed by atoms with Crippen LogP contribution in [0.5, 0.6) is 0 Å². The molecule has 0 saturated heterocycles. The third-order valence-corrected chi connectivity index (χ3v) is 3.12. The predicted octanol–water partition coefficient (Wildman–Crippen LogP) is 1.39. The van der Waals surface area contributed by atoms with Crippen molar-refractivity contribution >= 4 is 28.4 Å². The van der Waals surface area contributed by atoms with Gasteiger partial charge in [0.05, 0.1) is 11.8 Å². The van der Waals surface area contributed by atoms with Crippen LogP contribution in [0.15, 0.2) is 12.4 Å². The molecule has 0 bridgehead atoms. The van der Waals surface area contributed by atoms with Crippen molar-refractivity contribution in [1.82, 2.24) is 19.1 Å². The molecule has 0 atom stereocenters. The van der Waals surface area contributed by atoms with E-state index in [1.54, 1.807) is 7.05 Å². The van der Waals surface area contributed by atoms with Crippen LogP contribution in [0.25, 0.3) is 0 Å². The van der Waals surface area contributed by atoms with Gasteiger partial charge in [-0.15, -0.1) is 0 Å². The third-order valence-electron chi connectivity index (χ3n) is 2.49. The Hall–Kier alpha value is -2.09. The van der Waals surface area contributed by atoms with Crippen LogP contribution in [-0.4, -0.2) is 30.8 Å². The van der Waals surface area contributed by atoms with Gasteiger partial charge in [0.25, 0.3) is 11.7 Å². The number of hydrogen-bond acceptors (Lipinski definition) is 6. The highest BCUT2D eigenvalue weighted by molar-refractivity contribution is 7.10. The lowest BCUT2D eigenvalue weighted by molar-refractivity contribution is -0.112. The summed E-state index contributed by atoms with van der Waals surface area (Å²) in [5.74, 6) is -0.758. The fourth-order valence-electron chi connectivity index (χ4n) is 1.40. The molecule has 0 fully saturated rings. The van der Waals surface area contributed by atoms with Crippen molar-refractivity contribution < 1.29 is 9.59 Å². The Morgan fingerprint density at radius 2 is 2.05 bits per heavy atom. The fourth-order valence-corrected chi connectivity index (χ4v) is 2.16. The lowest BCUT2D eigenvalue weighted by Crippen LogP contribution is -2.22. The van der Waals surface area contributed by atoms with Crippen LogP contribution in [0.2, 0.25) is 0 Å². The molecule has 2 aromatic heterocycles. The summed E-state index contributed by atoms with van der Waals surface area (Å²) >= 11 is 1.06. The monoisotopic (exact) mass is 293 g/mol. The maximum Gasteiger partial charge on any atom is 0.298 e. The van der Waals surface area contributed by atoms with Gasteiger partial charge in [-0.3, -0.25) is 19.6 Å². The molecule has 0 unspecified atom stereocenters. The first-order valence-corrected chi connectivity index (χ1v) is 6.73. The second kappa shape index (κ2) is 5.12. The number of Topliss-reactive ketones (excluding diaryl/α,β-unsaturated/α-hetero) is 1. The van der Waals surface area contributed by atoms with Crippen LogP contribution in [0.1, 0.15) is 37.0 Å². The molecule has 0 spiro atoms. The summed E-state index contributed by atoms with van der Waals surface area (Å²) in [7, 11) is 1.68. The molecule has 20 heavy (non-hydrogen) atoms. The van der Waals surface area contributed by atoms with Crippen molar-refractivity contribution in [3.8, 4) is 0 Å². The van der Waals surface area contributed by atoms with Gasteiger partial charge < -0.3 is 0 Å². The Morgan fingerprint density at radius 1 is 1.35 bits per heavy atom. The zero-order chi connectivity index (χ0) is 14.9.